The van der Waals surface area contributed by atoms with Gasteiger partial charge in [-0.25, -0.2) is 18.8 Å². The van der Waals surface area contributed by atoms with E-state index in [2.05, 4.69) is 67.8 Å². The lowest BCUT2D eigenvalue weighted by atomic mass is 9.95. The molecule has 1 aromatic carbocycles. The van der Waals surface area contributed by atoms with Crippen LogP contribution in [0.1, 0.15) is 50.4 Å². The van der Waals surface area contributed by atoms with Crippen LogP contribution in [0.15, 0.2) is 102 Å². The highest BCUT2D eigenvalue weighted by molar-refractivity contribution is 7.98. The minimum Gasteiger partial charge on any atom is -0.368 e. The zero-order chi connectivity index (χ0) is 31.3. The van der Waals surface area contributed by atoms with Crippen LogP contribution < -0.4 is 5.32 Å². The lowest BCUT2D eigenvalue weighted by Crippen LogP contribution is -2.53. The Balaban J connectivity index is 1.98. The van der Waals surface area contributed by atoms with E-state index in [1.54, 1.807) is 30.0 Å². The summed E-state index contributed by atoms with van der Waals surface area (Å²) in [4.78, 5) is 15.4. The van der Waals surface area contributed by atoms with E-state index in [9.17, 15) is 0 Å². The summed E-state index contributed by atoms with van der Waals surface area (Å²) < 4.78 is 31.4. The number of hydrogen-bond donors (Lipinski definition) is 1. The molecule has 2 unspecified atom stereocenters. The molecule has 2 aliphatic rings. The van der Waals surface area contributed by atoms with Crippen LogP contribution in [-0.2, 0) is 0 Å². The van der Waals surface area contributed by atoms with Crippen LogP contribution in [0.3, 0.4) is 0 Å². The summed E-state index contributed by atoms with van der Waals surface area (Å²) in [5, 5.41) is 3.10. The molecule has 4 rings (SSSR count). The standard InChI is InChI=1S/C35H41F2N5S/c1-9-24(6)41-18-19-42(25(7)21-41)35(40-32-26(22(3)4)15-13-17-30(32)43-8)27-20-29(37)33(39-34(27)38-10-2)31-23(5)14-11-12-16-28(31)36/h9-17,20,22-23,25H,1-2,6,18-19,21H2,3-5,7-8H3,(H,38,39)/b40-35+. The van der Waals surface area contributed by atoms with Crippen molar-refractivity contribution in [2.45, 2.75) is 44.6 Å². The number of aliphatic imine (C=N–C) groups is 1. The Morgan fingerprint density at radius 2 is 1.95 bits per heavy atom. The Morgan fingerprint density at radius 1 is 1.19 bits per heavy atom. The van der Waals surface area contributed by atoms with Crippen molar-refractivity contribution in [3.8, 4) is 0 Å². The van der Waals surface area contributed by atoms with Crippen molar-refractivity contribution in [1.29, 1.82) is 0 Å². The summed E-state index contributed by atoms with van der Waals surface area (Å²) in [5.41, 5.74) is 3.43. The maximum atomic E-state index is 16.2. The van der Waals surface area contributed by atoms with Crippen LogP contribution in [0.2, 0.25) is 0 Å². The summed E-state index contributed by atoms with van der Waals surface area (Å²) in [6.07, 6.45) is 11.8. The van der Waals surface area contributed by atoms with Crippen molar-refractivity contribution in [3.63, 3.8) is 0 Å². The van der Waals surface area contributed by atoms with Crippen molar-refractivity contribution in [1.82, 2.24) is 14.8 Å². The summed E-state index contributed by atoms with van der Waals surface area (Å²) >= 11 is 1.62. The molecule has 0 amide bonds. The zero-order valence-corrected chi connectivity index (χ0v) is 26.5. The Hall–Kier alpha value is -3.91. The second-order valence-corrected chi connectivity index (χ2v) is 11.9. The molecule has 0 radical (unpaired) electrons. The molecular weight excluding hydrogens is 560 g/mol. The number of para-hydroxylation sites is 1. The fraction of sp³-hybridized carbons (Fsp3) is 0.314. The molecule has 1 N–H and O–H groups in total. The summed E-state index contributed by atoms with van der Waals surface area (Å²) in [6.45, 7) is 22.1. The largest absolute Gasteiger partial charge is 0.368 e. The van der Waals surface area contributed by atoms with Crippen molar-refractivity contribution in [2.24, 2.45) is 10.9 Å². The van der Waals surface area contributed by atoms with Crippen LogP contribution in [-0.4, -0.2) is 52.6 Å². The Kier molecular flexibility index (Phi) is 10.5. The molecule has 226 valence electrons. The number of hydrogen-bond acceptors (Lipinski definition) is 5. The third kappa shape index (κ3) is 6.85. The summed E-state index contributed by atoms with van der Waals surface area (Å²) in [7, 11) is 0. The quantitative estimate of drug-likeness (QED) is 0.135. The van der Waals surface area contributed by atoms with Crippen molar-refractivity contribution in [2.75, 3.05) is 31.2 Å². The lowest BCUT2D eigenvalue weighted by Gasteiger charge is -2.43. The van der Waals surface area contributed by atoms with E-state index in [0.717, 1.165) is 21.8 Å². The molecule has 0 spiro atoms. The molecule has 5 nitrogen and oxygen atoms in total. The SMILES string of the molecule is C=CNc1nc(C2=C(F)C=CC=CC2C)c(F)cc1/C(=N\c1c(SC)cccc1C(C)C)N1CCN(C(=C)C=C)CC1C. The van der Waals surface area contributed by atoms with Gasteiger partial charge in [0.15, 0.2) is 0 Å². The molecule has 1 aliphatic carbocycles. The fourth-order valence-corrected chi connectivity index (χ4v) is 6.07. The van der Waals surface area contributed by atoms with E-state index in [4.69, 9.17) is 9.98 Å². The number of nitrogens with one attached hydrogen (secondary N) is 1. The first-order valence-corrected chi connectivity index (χ1v) is 15.7. The lowest BCUT2D eigenvalue weighted by molar-refractivity contribution is 0.172. The maximum Gasteiger partial charge on any atom is 0.150 e. The molecule has 1 aliphatic heterocycles. The molecule has 2 atom stereocenters. The van der Waals surface area contributed by atoms with Gasteiger partial charge in [-0.05, 0) is 55.1 Å². The smallest absolute Gasteiger partial charge is 0.150 e. The first kappa shape index (κ1) is 32.0. The van der Waals surface area contributed by atoms with Gasteiger partial charge < -0.3 is 15.1 Å². The molecule has 1 saturated heterocycles. The number of rotatable bonds is 9. The number of allylic oxidation sites excluding steroid dienone is 7. The van der Waals surface area contributed by atoms with Crippen LogP contribution in [0, 0.1) is 11.7 Å². The van der Waals surface area contributed by atoms with Crippen LogP contribution in [0.25, 0.3) is 5.57 Å². The predicted octanol–water partition coefficient (Wildman–Crippen LogP) is 8.85. The van der Waals surface area contributed by atoms with Gasteiger partial charge >= 0.3 is 0 Å². The number of benzene rings is 1. The minimum absolute atomic E-state index is 0.00441. The highest BCUT2D eigenvalue weighted by Crippen LogP contribution is 2.38. The van der Waals surface area contributed by atoms with Crippen LogP contribution >= 0.6 is 11.8 Å². The highest BCUT2D eigenvalue weighted by Gasteiger charge is 2.31. The normalized spacial score (nSPS) is 19.1. The van der Waals surface area contributed by atoms with E-state index in [-0.39, 0.29) is 29.1 Å². The van der Waals surface area contributed by atoms with E-state index < -0.39 is 11.6 Å². The number of piperazine rings is 1. The minimum atomic E-state index is -0.619. The van der Waals surface area contributed by atoms with Gasteiger partial charge in [-0.3, -0.25) is 0 Å². The monoisotopic (exact) mass is 601 g/mol. The molecular formula is C35H41F2N5S. The molecule has 2 heterocycles. The third-order valence-corrected chi connectivity index (χ3v) is 8.58. The average molecular weight is 602 g/mol. The Morgan fingerprint density at radius 3 is 2.60 bits per heavy atom. The van der Waals surface area contributed by atoms with E-state index in [0.29, 0.717) is 36.9 Å². The molecule has 8 heteroatoms. The molecule has 0 bridgehead atoms. The van der Waals surface area contributed by atoms with Crippen molar-refractivity contribution >= 4 is 34.7 Å². The number of pyridine rings is 1. The molecule has 1 fully saturated rings. The fourth-order valence-electron chi connectivity index (χ4n) is 5.49. The second-order valence-electron chi connectivity index (χ2n) is 11.0. The summed E-state index contributed by atoms with van der Waals surface area (Å²) in [6, 6.07) is 7.62. The molecule has 2 aromatic rings. The van der Waals surface area contributed by atoms with Gasteiger partial charge in [-0.1, -0.05) is 70.9 Å². The topological polar surface area (TPSA) is 43.8 Å². The average Bonchev–Trinajstić information content (AvgIpc) is 3.15. The first-order chi connectivity index (χ1) is 20.6. The second kappa shape index (κ2) is 14.0. The zero-order valence-electron chi connectivity index (χ0n) is 25.7. The van der Waals surface area contributed by atoms with Gasteiger partial charge in [-0.2, -0.15) is 0 Å². The van der Waals surface area contributed by atoms with Crippen molar-refractivity contribution < 1.29 is 8.78 Å². The number of thioether (sulfide) groups is 1. The van der Waals surface area contributed by atoms with E-state index >= 15 is 8.78 Å². The van der Waals surface area contributed by atoms with Gasteiger partial charge in [-0.15, -0.1) is 11.8 Å². The molecule has 0 saturated carbocycles. The van der Waals surface area contributed by atoms with Crippen LogP contribution in [0.5, 0.6) is 0 Å². The van der Waals surface area contributed by atoms with Crippen molar-refractivity contribution in [3.05, 3.63) is 115 Å². The predicted molar refractivity (Wildman–Crippen MR) is 179 cm³/mol. The Bertz CT molecular complexity index is 1520. The molecule has 43 heavy (non-hydrogen) atoms. The number of aromatic nitrogens is 1. The maximum absolute atomic E-state index is 16.2. The van der Waals surface area contributed by atoms with E-state index in [1.165, 1.54) is 18.3 Å². The van der Waals surface area contributed by atoms with Gasteiger partial charge in [0.25, 0.3) is 0 Å². The number of amidine groups is 1. The van der Waals surface area contributed by atoms with E-state index in [1.807, 2.05) is 25.3 Å². The number of halogens is 2. The molecule has 1 aromatic heterocycles. The van der Waals surface area contributed by atoms with Crippen LogP contribution in [0.4, 0.5) is 20.3 Å². The third-order valence-electron chi connectivity index (χ3n) is 7.81. The number of nitrogens with zero attached hydrogens (tertiary/aromatic N) is 4. The Labute approximate surface area is 259 Å². The highest BCUT2D eigenvalue weighted by atomic mass is 32.2. The summed E-state index contributed by atoms with van der Waals surface area (Å²) in [5.74, 6) is -0.351. The van der Waals surface area contributed by atoms with Gasteiger partial charge in [0, 0.05) is 47.8 Å². The van der Waals surface area contributed by atoms with Gasteiger partial charge in [0.2, 0.25) is 0 Å². The van der Waals surface area contributed by atoms with Gasteiger partial charge in [0.1, 0.15) is 29.0 Å². The first-order valence-electron chi connectivity index (χ1n) is 14.5. The number of anilines is 1. The van der Waals surface area contributed by atoms with Gasteiger partial charge in [0.05, 0.1) is 11.3 Å².